The van der Waals surface area contributed by atoms with Gasteiger partial charge in [0.15, 0.2) is 0 Å². The minimum Gasteiger partial charge on any atom is -0.388 e. The van der Waals surface area contributed by atoms with E-state index in [-0.39, 0.29) is 11.7 Å². The third-order valence-corrected chi connectivity index (χ3v) is 5.86. The van der Waals surface area contributed by atoms with Crippen molar-refractivity contribution in [3.05, 3.63) is 48.2 Å². The normalized spacial score (nSPS) is 17.8. The van der Waals surface area contributed by atoms with Crippen LogP contribution in [-0.4, -0.2) is 47.1 Å². The summed E-state index contributed by atoms with van der Waals surface area (Å²) in [4.78, 5) is 8.15. The average Bonchev–Trinajstić information content (AvgIpc) is 2.61. The van der Waals surface area contributed by atoms with Gasteiger partial charge in [-0.2, -0.15) is 0 Å². The van der Waals surface area contributed by atoms with Gasteiger partial charge in [-0.05, 0) is 37.0 Å². The first kappa shape index (κ1) is 18.7. The van der Waals surface area contributed by atoms with Crippen molar-refractivity contribution < 1.29 is 17.9 Å². The standard InChI is InChI=1S/C17H21FN4O3S/c1-26(24,25)22-7-5-12(6-8-22)16(23)15-10-19-11-20-17(15)21-14-4-2-3-13(18)9-14/h2-4,9-12,16,23H,5-8H2,1H3,(H,19,20,21). The second-order valence-electron chi connectivity index (χ2n) is 6.41. The van der Waals surface area contributed by atoms with Gasteiger partial charge in [0.1, 0.15) is 18.0 Å². The molecule has 9 heteroatoms. The monoisotopic (exact) mass is 380 g/mol. The summed E-state index contributed by atoms with van der Waals surface area (Å²) in [6, 6.07) is 5.96. The van der Waals surface area contributed by atoms with Gasteiger partial charge in [-0.3, -0.25) is 0 Å². The Kier molecular flexibility index (Phi) is 5.49. The van der Waals surface area contributed by atoms with E-state index < -0.39 is 16.1 Å². The van der Waals surface area contributed by atoms with Gasteiger partial charge in [0.2, 0.25) is 10.0 Å². The lowest BCUT2D eigenvalue weighted by Crippen LogP contribution is -2.39. The first-order chi connectivity index (χ1) is 12.3. The molecule has 26 heavy (non-hydrogen) atoms. The molecule has 1 atom stereocenters. The molecule has 0 bridgehead atoms. The molecule has 0 radical (unpaired) electrons. The molecule has 1 aromatic carbocycles. The molecule has 2 N–H and O–H groups in total. The van der Waals surface area contributed by atoms with E-state index >= 15 is 0 Å². The zero-order chi connectivity index (χ0) is 18.7. The van der Waals surface area contributed by atoms with E-state index in [1.165, 1.54) is 35.2 Å². The van der Waals surface area contributed by atoms with Crippen molar-refractivity contribution in [2.24, 2.45) is 5.92 Å². The molecule has 2 aromatic rings. The van der Waals surface area contributed by atoms with Gasteiger partial charge in [-0.1, -0.05) is 6.07 Å². The number of benzene rings is 1. The largest absolute Gasteiger partial charge is 0.388 e. The number of halogens is 1. The van der Waals surface area contributed by atoms with Gasteiger partial charge in [0.05, 0.1) is 12.4 Å². The van der Waals surface area contributed by atoms with Crippen molar-refractivity contribution in [3.8, 4) is 0 Å². The minimum atomic E-state index is -3.21. The summed E-state index contributed by atoms with van der Waals surface area (Å²) < 4.78 is 38.0. The van der Waals surface area contributed by atoms with Gasteiger partial charge in [0.25, 0.3) is 0 Å². The Morgan fingerprint density at radius 1 is 1.35 bits per heavy atom. The fourth-order valence-electron chi connectivity index (χ4n) is 3.14. The van der Waals surface area contributed by atoms with Crippen LogP contribution in [0.1, 0.15) is 24.5 Å². The van der Waals surface area contributed by atoms with Crippen molar-refractivity contribution in [1.29, 1.82) is 0 Å². The Morgan fingerprint density at radius 2 is 2.08 bits per heavy atom. The van der Waals surface area contributed by atoms with Crippen LogP contribution in [0.5, 0.6) is 0 Å². The molecule has 1 aliphatic rings. The van der Waals surface area contributed by atoms with E-state index in [1.807, 2.05) is 0 Å². The predicted octanol–water partition coefficient (Wildman–Crippen LogP) is 2.06. The number of hydrogen-bond acceptors (Lipinski definition) is 6. The summed E-state index contributed by atoms with van der Waals surface area (Å²) in [7, 11) is -3.21. The molecule has 0 spiro atoms. The van der Waals surface area contributed by atoms with E-state index in [9.17, 15) is 17.9 Å². The Bertz CT molecular complexity index is 870. The van der Waals surface area contributed by atoms with Crippen LogP contribution >= 0.6 is 0 Å². The molecule has 1 saturated heterocycles. The molecule has 1 unspecified atom stereocenters. The molecule has 1 aliphatic heterocycles. The molecule has 2 heterocycles. The molecule has 7 nitrogen and oxygen atoms in total. The average molecular weight is 380 g/mol. The van der Waals surface area contributed by atoms with E-state index in [4.69, 9.17) is 0 Å². The summed E-state index contributed by atoms with van der Waals surface area (Å²) in [6.45, 7) is 0.752. The second-order valence-corrected chi connectivity index (χ2v) is 8.39. The van der Waals surface area contributed by atoms with E-state index in [0.717, 1.165) is 0 Å². The topological polar surface area (TPSA) is 95.4 Å². The maximum Gasteiger partial charge on any atom is 0.211 e. The number of aliphatic hydroxyl groups is 1. The van der Waals surface area contributed by atoms with Crippen LogP contribution in [0.2, 0.25) is 0 Å². The van der Waals surface area contributed by atoms with Gasteiger partial charge in [-0.15, -0.1) is 0 Å². The first-order valence-electron chi connectivity index (χ1n) is 8.30. The second kappa shape index (κ2) is 7.65. The first-order valence-corrected chi connectivity index (χ1v) is 10.1. The molecule has 3 rings (SSSR count). The predicted molar refractivity (Wildman–Crippen MR) is 95.8 cm³/mol. The van der Waals surface area contributed by atoms with E-state index in [2.05, 4.69) is 15.3 Å². The summed E-state index contributed by atoms with van der Waals surface area (Å²) in [5, 5.41) is 13.8. The van der Waals surface area contributed by atoms with Gasteiger partial charge in [-0.25, -0.2) is 27.1 Å². The van der Waals surface area contributed by atoms with Gasteiger partial charge >= 0.3 is 0 Å². The molecule has 140 valence electrons. The maximum atomic E-state index is 13.4. The zero-order valence-corrected chi connectivity index (χ0v) is 15.2. The molecule has 0 saturated carbocycles. The third-order valence-electron chi connectivity index (χ3n) is 4.56. The highest BCUT2D eigenvalue weighted by Gasteiger charge is 2.31. The quantitative estimate of drug-likeness (QED) is 0.824. The number of piperidine rings is 1. The molecule has 0 aliphatic carbocycles. The number of anilines is 2. The number of nitrogens with one attached hydrogen (secondary N) is 1. The van der Waals surface area contributed by atoms with E-state index in [0.29, 0.717) is 43.0 Å². The van der Waals surface area contributed by atoms with Crippen LogP contribution in [0.4, 0.5) is 15.9 Å². The number of rotatable bonds is 5. The van der Waals surface area contributed by atoms with Gasteiger partial charge in [0, 0.05) is 30.5 Å². The molecular weight excluding hydrogens is 359 g/mol. The highest BCUT2D eigenvalue weighted by molar-refractivity contribution is 7.88. The number of aromatic nitrogens is 2. The lowest BCUT2D eigenvalue weighted by atomic mass is 9.88. The Hall–Kier alpha value is -2.10. The highest BCUT2D eigenvalue weighted by Crippen LogP contribution is 2.34. The number of hydrogen-bond donors (Lipinski definition) is 2. The lowest BCUT2D eigenvalue weighted by molar-refractivity contribution is 0.0762. The van der Waals surface area contributed by atoms with Gasteiger partial charge < -0.3 is 10.4 Å². The van der Waals surface area contributed by atoms with E-state index in [1.54, 1.807) is 12.1 Å². The molecular formula is C17H21FN4O3S. The number of sulfonamides is 1. The fourth-order valence-corrected chi connectivity index (χ4v) is 4.02. The summed E-state index contributed by atoms with van der Waals surface area (Å²) in [5.41, 5.74) is 1.03. The SMILES string of the molecule is CS(=O)(=O)N1CCC(C(O)c2cncnc2Nc2cccc(F)c2)CC1. The molecule has 1 aromatic heterocycles. The van der Waals surface area contributed by atoms with Crippen molar-refractivity contribution in [2.45, 2.75) is 18.9 Å². The summed E-state index contributed by atoms with van der Waals surface area (Å²) in [5.74, 6) is -0.0741. The van der Waals surface area contributed by atoms with Crippen LogP contribution < -0.4 is 5.32 Å². The minimum absolute atomic E-state index is 0.105. The van der Waals surface area contributed by atoms with Crippen molar-refractivity contribution in [3.63, 3.8) is 0 Å². The smallest absolute Gasteiger partial charge is 0.211 e. The fraction of sp³-hybridized carbons (Fsp3) is 0.412. The highest BCUT2D eigenvalue weighted by atomic mass is 32.2. The molecule has 0 amide bonds. The zero-order valence-electron chi connectivity index (χ0n) is 14.3. The van der Waals surface area contributed by atoms with Crippen LogP contribution in [0, 0.1) is 11.7 Å². The number of aliphatic hydroxyl groups excluding tert-OH is 1. The van der Waals surface area contributed by atoms with Crippen LogP contribution in [0.3, 0.4) is 0 Å². The summed E-state index contributed by atoms with van der Waals surface area (Å²) in [6.07, 6.45) is 4.32. The number of nitrogens with zero attached hydrogens (tertiary/aromatic N) is 3. The van der Waals surface area contributed by atoms with Crippen molar-refractivity contribution in [2.75, 3.05) is 24.7 Å². The maximum absolute atomic E-state index is 13.4. The summed E-state index contributed by atoms with van der Waals surface area (Å²) >= 11 is 0. The molecule has 1 fully saturated rings. The Morgan fingerprint density at radius 3 is 2.73 bits per heavy atom. The van der Waals surface area contributed by atoms with Crippen LogP contribution in [-0.2, 0) is 10.0 Å². The third kappa shape index (κ3) is 4.35. The van der Waals surface area contributed by atoms with Crippen molar-refractivity contribution in [1.82, 2.24) is 14.3 Å². The van der Waals surface area contributed by atoms with Crippen LogP contribution in [0.25, 0.3) is 0 Å². The Balaban J connectivity index is 1.75. The Labute approximate surface area is 152 Å². The van der Waals surface area contributed by atoms with Crippen molar-refractivity contribution >= 4 is 21.5 Å². The van der Waals surface area contributed by atoms with Crippen LogP contribution in [0.15, 0.2) is 36.8 Å². The lowest BCUT2D eigenvalue weighted by Gasteiger charge is -2.33.